The quantitative estimate of drug-likeness (QED) is 0.692. The second-order valence-electron chi connectivity index (χ2n) is 3.63. The van der Waals surface area contributed by atoms with Crippen LogP contribution in [0, 0.1) is 0 Å². The molecule has 5 heteroatoms. The zero-order valence-electron chi connectivity index (χ0n) is 8.09. The Bertz CT molecular complexity index is 506. The van der Waals surface area contributed by atoms with Crippen LogP contribution in [0.1, 0.15) is 12.0 Å². The van der Waals surface area contributed by atoms with Crippen molar-refractivity contribution in [2.75, 3.05) is 0 Å². The van der Waals surface area contributed by atoms with Crippen molar-refractivity contribution in [3.8, 4) is 17.1 Å². The zero-order chi connectivity index (χ0) is 10.3. The highest BCUT2D eigenvalue weighted by Gasteiger charge is 2.18. The summed E-state index contributed by atoms with van der Waals surface area (Å²) < 4.78 is 1.78. The number of hydrogen-bond donors (Lipinski definition) is 1. The van der Waals surface area contributed by atoms with Crippen molar-refractivity contribution in [3.63, 3.8) is 0 Å². The van der Waals surface area contributed by atoms with Gasteiger partial charge in [-0.05, 0) is 29.3 Å². The van der Waals surface area contributed by atoms with E-state index in [1.165, 1.54) is 0 Å². The van der Waals surface area contributed by atoms with Gasteiger partial charge in [-0.25, -0.2) is 4.68 Å². The second-order valence-corrected chi connectivity index (χ2v) is 3.63. The van der Waals surface area contributed by atoms with Crippen LogP contribution in [0.15, 0.2) is 18.2 Å². The molecule has 0 saturated heterocycles. The third kappa shape index (κ3) is 1.20. The van der Waals surface area contributed by atoms with Crippen LogP contribution in [0.5, 0.6) is 5.75 Å². The molecule has 0 spiro atoms. The van der Waals surface area contributed by atoms with Crippen molar-refractivity contribution in [3.05, 3.63) is 23.8 Å². The van der Waals surface area contributed by atoms with Gasteiger partial charge in [0.15, 0.2) is 5.82 Å². The first-order chi connectivity index (χ1) is 7.36. The van der Waals surface area contributed by atoms with Gasteiger partial charge in [-0.2, -0.15) is 0 Å². The first kappa shape index (κ1) is 8.40. The van der Waals surface area contributed by atoms with E-state index in [2.05, 4.69) is 15.5 Å². The molecule has 2 heterocycles. The molecule has 76 valence electrons. The van der Waals surface area contributed by atoms with Crippen molar-refractivity contribution in [1.82, 2.24) is 20.2 Å². The summed E-state index contributed by atoms with van der Waals surface area (Å²) in [5.74, 6) is 1.09. The van der Waals surface area contributed by atoms with E-state index < -0.39 is 0 Å². The maximum absolute atomic E-state index is 9.77. The number of rotatable bonds is 0. The summed E-state index contributed by atoms with van der Waals surface area (Å²) in [7, 11) is 0. The molecule has 1 aliphatic rings. The number of aromatic hydroxyl groups is 1. The molecule has 0 unspecified atom stereocenters. The predicted molar refractivity (Wildman–Crippen MR) is 53.2 cm³/mol. The highest BCUT2D eigenvalue weighted by molar-refractivity contribution is 5.64. The van der Waals surface area contributed by atoms with E-state index in [-0.39, 0.29) is 0 Å². The maximum Gasteiger partial charge on any atom is 0.182 e. The van der Waals surface area contributed by atoms with E-state index in [1.54, 1.807) is 10.7 Å². The van der Waals surface area contributed by atoms with Crippen molar-refractivity contribution >= 4 is 0 Å². The molecule has 15 heavy (non-hydrogen) atoms. The molecule has 2 aromatic rings. The largest absolute Gasteiger partial charge is 0.508 e. The maximum atomic E-state index is 9.77. The summed E-state index contributed by atoms with van der Waals surface area (Å²) in [4.78, 5) is 0. The normalized spacial score (nSPS) is 14.1. The minimum atomic E-state index is 0.337. The number of phenolic OH excluding ortho intramolecular Hbond substituents is 1. The van der Waals surface area contributed by atoms with Crippen molar-refractivity contribution in [2.45, 2.75) is 19.4 Å². The zero-order valence-corrected chi connectivity index (χ0v) is 8.09. The highest BCUT2D eigenvalue weighted by atomic mass is 16.3. The van der Waals surface area contributed by atoms with Gasteiger partial charge in [0.2, 0.25) is 0 Å². The highest BCUT2D eigenvalue weighted by Crippen LogP contribution is 2.31. The SMILES string of the molecule is Oc1cccc2c1CCCn1nnnc1-2. The molecule has 1 N–H and O–H groups in total. The van der Waals surface area contributed by atoms with Gasteiger partial charge in [0.25, 0.3) is 0 Å². The number of benzene rings is 1. The number of phenols is 1. The Balaban J connectivity index is 2.29. The molecule has 0 saturated carbocycles. The number of fused-ring (bicyclic) bond motifs is 3. The van der Waals surface area contributed by atoms with Gasteiger partial charge in [-0.15, -0.1) is 5.10 Å². The average molecular weight is 202 g/mol. The van der Waals surface area contributed by atoms with E-state index in [1.807, 2.05) is 12.1 Å². The predicted octanol–water partition coefficient (Wildman–Crippen LogP) is 0.992. The van der Waals surface area contributed by atoms with Crippen LogP contribution in [-0.2, 0) is 13.0 Å². The standard InChI is InChI=1S/C10H10N4O/c15-9-5-1-3-8-7(9)4-2-6-14-10(8)11-12-13-14/h1,3,5,15H,2,4,6H2. The Morgan fingerprint density at radius 3 is 3.20 bits per heavy atom. The molecule has 0 amide bonds. The lowest BCUT2D eigenvalue weighted by Crippen LogP contribution is -2.00. The van der Waals surface area contributed by atoms with Crippen LogP contribution in [0.25, 0.3) is 11.4 Å². The van der Waals surface area contributed by atoms with Gasteiger partial charge in [-0.1, -0.05) is 12.1 Å². The Hall–Kier alpha value is -1.91. The average Bonchev–Trinajstić information content (AvgIpc) is 2.62. The number of aryl methyl sites for hydroxylation is 1. The third-order valence-electron chi connectivity index (χ3n) is 2.72. The van der Waals surface area contributed by atoms with Crippen LogP contribution in [-0.4, -0.2) is 25.3 Å². The minimum Gasteiger partial charge on any atom is -0.508 e. The first-order valence-electron chi connectivity index (χ1n) is 4.93. The lowest BCUT2D eigenvalue weighted by atomic mass is 10.0. The van der Waals surface area contributed by atoms with Crippen molar-refractivity contribution in [2.24, 2.45) is 0 Å². The summed E-state index contributed by atoms with van der Waals surface area (Å²) in [6.07, 6.45) is 1.80. The molecule has 0 bridgehead atoms. The fourth-order valence-corrected chi connectivity index (χ4v) is 2.00. The third-order valence-corrected chi connectivity index (χ3v) is 2.72. The lowest BCUT2D eigenvalue weighted by Gasteiger charge is -2.05. The van der Waals surface area contributed by atoms with Crippen LogP contribution in [0.4, 0.5) is 0 Å². The Kier molecular flexibility index (Phi) is 1.71. The van der Waals surface area contributed by atoms with E-state index in [4.69, 9.17) is 0 Å². The Morgan fingerprint density at radius 2 is 2.27 bits per heavy atom. The molecule has 1 aliphatic heterocycles. The topological polar surface area (TPSA) is 63.8 Å². The molecule has 0 radical (unpaired) electrons. The fraction of sp³-hybridized carbons (Fsp3) is 0.300. The van der Waals surface area contributed by atoms with Gasteiger partial charge in [0, 0.05) is 17.7 Å². The monoisotopic (exact) mass is 202 g/mol. The van der Waals surface area contributed by atoms with Gasteiger partial charge in [0.05, 0.1) is 0 Å². The molecule has 0 atom stereocenters. The molecule has 0 fully saturated rings. The van der Waals surface area contributed by atoms with Crippen molar-refractivity contribution in [1.29, 1.82) is 0 Å². The van der Waals surface area contributed by atoms with Gasteiger partial charge in [0.1, 0.15) is 5.75 Å². The van der Waals surface area contributed by atoms with Crippen molar-refractivity contribution < 1.29 is 5.11 Å². The molecular formula is C10H10N4O. The molecule has 1 aromatic heterocycles. The van der Waals surface area contributed by atoms with Crippen LogP contribution >= 0.6 is 0 Å². The summed E-state index contributed by atoms with van der Waals surface area (Å²) in [5, 5.41) is 21.3. The number of nitrogens with zero attached hydrogens (tertiary/aromatic N) is 4. The second kappa shape index (κ2) is 3.05. The summed E-state index contributed by atoms with van der Waals surface area (Å²) in [6, 6.07) is 5.47. The van der Waals surface area contributed by atoms with E-state index in [0.29, 0.717) is 5.75 Å². The number of aromatic nitrogens is 4. The number of tetrazole rings is 1. The van der Waals surface area contributed by atoms with Crippen LogP contribution in [0.3, 0.4) is 0 Å². The summed E-state index contributed by atoms with van der Waals surface area (Å²) in [6.45, 7) is 0.802. The van der Waals surface area contributed by atoms with Gasteiger partial charge in [-0.3, -0.25) is 0 Å². The smallest absolute Gasteiger partial charge is 0.182 e. The van der Waals surface area contributed by atoms with E-state index >= 15 is 0 Å². The molecule has 1 aromatic carbocycles. The fourth-order valence-electron chi connectivity index (χ4n) is 2.00. The van der Waals surface area contributed by atoms with Crippen LogP contribution in [0.2, 0.25) is 0 Å². The van der Waals surface area contributed by atoms with Gasteiger partial charge < -0.3 is 5.11 Å². The Morgan fingerprint density at radius 1 is 1.33 bits per heavy atom. The number of hydrogen-bond acceptors (Lipinski definition) is 4. The van der Waals surface area contributed by atoms with Crippen LogP contribution < -0.4 is 0 Å². The minimum absolute atomic E-state index is 0.337. The Labute approximate surface area is 86.4 Å². The molecule has 0 aliphatic carbocycles. The van der Waals surface area contributed by atoms with E-state index in [0.717, 1.165) is 36.3 Å². The molecular weight excluding hydrogens is 192 g/mol. The molecule has 3 rings (SSSR count). The molecule has 5 nitrogen and oxygen atoms in total. The summed E-state index contributed by atoms with van der Waals surface area (Å²) >= 11 is 0. The summed E-state index contributed by atoms with van der Waals surface area (Å²) in [5.41, 5.74) is 1.89. The van der Waals surface area contributed by atoms with E-state index in [9.17, 15) is 5.11 Å². The lowest BCUT2D eigenvalue weighted by molar-refractivity contribution is 0.466. The first-order valence-corrected chi connectivity index (χ1v) is 4.93. The van der Waals surface area contributed by atoms with Gasteiger partial charge >= 0.3 is 0 Å².